The van der Waals surface area contributed by atoms with Gasteiger partial charge in [0.1, 0.15) is 18.2 Å². The standard InChI is InChI=1S/C16H22N4O/c1-11(2)17-8-16-18-10-20(19-16)9-14-7-13-6-12(3)4-5-15(13)21-14/h4-6,10-11,14,17H,7-9H2,1-3H3. The normalized spacial score (nSPS) is 17.0. The van der Waals surface area contributed by atoms with E-state index in [0.29, 0.717) is 12.6 Å². The van der Waals surface area contributed by atoms with Crippen LogP contribution in [0.25, 0.3) is 0 Å². The summed E-state index contributed by atoms with van der Waals surface area (Å²) in [5.41, 5.74) is 2.57. The van der Waals surface area contributed by atoms with Gasteiger partial charge in [0.2, 0.25) is 0 Å². The highest BCUT2D eigenvalue weighted by atomic mass is 16.5. The van der Waals surface area contributed by atoms with Crippen molar-refractivity contribution in [2.24, 2.45) is 0 Å². The predicted molar refractivity (Wildman–Crippen MR) is 81.3 cm³/mol. The second-order valence-corrected chi connectivity index (χ2v) is 5.97. The zero-order valence-electron chi connectivity index (χ0n) is 12.8. The van der Waals surface area contributed by atoms with E-state index in [2.05, 4.69) is 54.4 Å². The molecule has 0 amide bonds. The van der Waals surface area contributed by atoms with Crippen LogP contribution in [-0.4, -0.2) is 26.9 Å². The minimum atomic E-state index is 0.148. The Balaban J connectivity index is 1.59. The van der Waals surface area contributed by atoms with Crippen LogP contribution in [0.1, 0.15) is 30.8 Å². The van der Waals surface area contributed by atoms with Crippen molar-refractivity contribution < 1.29 is 4.74 Å². The molecule has 1 N–H and O–H groups in total. The lowest BCUT2D eigenvalue weighted by molar-refractivity contribution is 0.203. The van der Waals surface area contributed by atoms with Gasteiger partial charge in [-0.2, -0.15) is 5.10 Å². The summed E-state index contributed by atoms with van der Waals surface area (Å²) in [6, 6.07) is 6.79. The van der Waals surface area contributed by atoms with Gasteiger partial charge in [-0.1, -0.05) is 31.5 Å². The molecule has 0 saturated carbocycles. The number of rotatable bonds is 5. The summed E-state index contributed by atoms with van der Waals surface area (Å²) < 4.78 is 7.84. The van der Waals surface area contributed by atoms with Crippen LogP contribution >= 0.6 is 0 Å². The van der Waals surface area contributed by atoms with Crippen LogP contribution < -0.4 is 10.1 Å². The molecule has 0 aliphatic carbocycles. The summed E-state index contributed by atoms with van der Waals surface area (Å²) in [6.45, 7) is 7.78. The van der Waals surface area contributed by atoms with Crippen LogP contribution in [0, 0.1) is 6.92 Å². The Morgan fingerprint density at radius 2 is 2.29 bits per heavy atom. The second kappa shape index (κ2) is 5.85. The van der Waals surface area contributed by atoms with E-state index in [4.69, 9.17) is 4.74 Å². The first-order valence-corrected chi connectivity index (χ1v) is 7.48. The topological polar surface area (TPSA) is 52.0 Å². The van der Waals surface area contributed by atoms with Crippen molar-refractivity contribution in [2.75, 3.05) is 0 Å². The Kier molecular flexibility index (Phi) is 3.92. The molecule has 5 nitrogen and oxygen atoms in total. The van der Waals surface area contributed by atoms with E-state index in [9.17, 15) is 0 Å². The van der Waals surface area contributed by atoms with E-state index >= 15 is 0 Å². The predicted octanol–water partition coefficient (Wildman–Crippen LogP) is 2.09. The van der Waals surface area contributed by atoms with Gasteiger partial charge in [-0.25, -0.2) is 9.67 Å². The number of aromatic nitrogens is 3. The Morgan fingerprint density at radius 3 is 3.10 bits per heavy atom. The molecule has 1 aliphatic heterocycles. The van der Waals surface area contributed by atoms with Crippen LogP contribution in [0.3, 0.4) is 0 Å². The molecule has 1 aliphatic rings. The molecular weight excluding hydrogens is 264 g/mol. The number of hydrogen-bond acceptors (Lipinski definition) is 4. The number of nitrogens with one attached hydrogen (secondary N) is 1. The zero-order chi connectivity index (χ0) is 14.8. The summed E-state index contributed by atoms with van der Waals surface area (Å²) in [4.78, 5) is 4.33. The lowest BCUT2D eigenvalue weighted by Crippen LogP contribution is -2.23. The van der Waals surface area contributed by atoms with E-state index in [1.54, 1.807) is 6.33 Å². The monoisotopic (exact) mass is 286 g/mol. The SMILES string of the molecule is Cc1ccc2c(c1)CC(Cn1cnc(CNC(C)C)n1)O2. The highest BCUT2D eigenvalue weighted by Crippen LogP contribution is 2.29. The Hall–Kier alpha value is -1.88. The third kappa shape index (κ3) is 3.42. The van der Waals surface area contributed by atoms with Gasteiger partial charge in [0.15, 0.2) is 5.82 Å². The first-order valence-electron chi connectivity index (χ1n) is 7.48. The highest BCUT2D eigenvalue weighted by molar-refractivity contribution is 5.40. The molecule has 0 saturated heterocycles. The Morgan fingerprint density at radius 1 is 1.43 bits per heavy atom. The van der Waals surface area contributed by atoms with E-state index in [1.165, 1.54) is 11.1 Å². The molecule has 1 unspecified atom stereocenters. The average Bonchev–Trinajstić information content (AvgIpc) is 3.02. The summed E-state index contributed by atoms with van der Waals surface area (Å²) in [5, 5.41) is 7.81. The maximum atomic E-state index is 5.97. The quantitative estimate of drug-likeness (QED) is 0.914. The number of fused-ring (bicyclic) bond motifs is 1. The van der Waals surface area contributed by atoms with Crippen LogP contribution in [-0.2, 0) is 19.5 Å². The third-order valence-corrected chi connectivity index (χ3v) is 3.60. The van der Waals surface area contributed by atoms with Crippen LogP contribution in [0.15, 0.2) is 24.5 Å². The summed E-state index contributed by atoms with van der Waals surface area (Å²) >= 11 is 0. The van der Waals surface area contributed by atoms with Gasteiger partial charge in [0.05, 0.1) is 13.1 Å². The smallest absolute Gasteiger partial charge is 0.164 e. The lowest BCUT2D eigenvalue weighted by Gasteiger charge is -2.10. The van der Waals surface area contributed by atoms with Crippen molar-refractivity contribution >= 4 is 0 Å². The molecule has 2 heterocycles. The third-order valence-electron chi connectivity index (χ3n) is 3.60. The fraction of sp³-hybridized carbons (Fsp3) is 0.500. The number of aryl methyl sites for hydroxylation is 1. The van der Waals surface area contributed by atoms with Crippen molar-refractivity contribution in [1.29, 1.82) is 0 Å². The summed E-state index contributed by atoms with van der Waals surface area (Å²) in [6.07, 6.45) is 2.88. The average molecular weight is 286 g/mol. The Bertz CT molecular complexity index is 620. The maximum absolute atomic E-state index is 5.97. The molecule has 112 valence electrons. The van der Waals surface area contributed by atoms with Gasteiger partial charge < -0.3 is 10.1 Å². The van der Waals surface area contributed by atoms with Gasteiger partial charge in [0.25, 0.3) is 0 Å². The van der Waals surface area contributed by atoms with Gasteiger partial charge in [-0.3, -0.25) is 0 Å². The number of ether oxygens (including phenoxy) is 1. The fourth-order valence-corrected chi connectivity index (χ4v) is 2.56. The molecule has 21 heavy (non-hydrogen) atoms. The van der Waals surface area contributed by atoms with Crippen molar-refractivity contribution in [2.45, 2.75) is 52.4 Å². The summed E-state index contributed by atoms with van der Waals surface area (Å²) in [5.74, 6) is 1.84. The van der Waals surface area contributed by atoms with Crippen molar-refractivity contribution in [3.05, 3.63) is 41.5 Å². The molecule has 2 aromatic rings. The first kappa shape index (κ1) is 14.1. The van der Waals surface area contributed by atoms with Crippen molar-refractivity contribution in [1.82, 2.24) is 20.1 Å². The molecule has 0 fully saturated rings. The number of nitrogens with zero attached hydrogens (tertiary/aromatic N) is 3. The van der Waals surface area contributed by atoms with Crippen molar-refractivity contribution in [3.63, 3.8) is 0 Å². The van der Waals surface area contributed by atoms with E-state index < -0.39 is 0 Å². The molecule has 5 heteroatoms. The molecule has 1 aromatic carbocycles. The van der Waals surface area contributed by atoms with Crippen LogP contribution in [0.2, 0.25) is 0 Å². The fourth-order valence-electron chi connectivity index (χ4n) is 2.56. The molecule has 0 bridgehead atoms. The van der Waals surface area contributed by atoms with Gasteiger partial charge >= 0.3 is 0 Å². The van der Waals surface area contributed by atoms with E-state index in [-0.39, 0.29) is 6.10 Å². The largest absolute Gasteiger partial charge is 0.488 e. The summed E-state index contributed by atoms with van der Waals surface area (Å²) in [7, 11) is 0. The maximum Gasteiger partial charge on any atom is 0.164 e. The molecule has 3 rings (SSSR count). The zero-order valence-corrected chi connectivity index (χ0v) is 12.8. The van der Waals surface area contributed by atoms with Crippen LogP contribution in [0.5, 0.6) is 5.75 Å². The first-order chi connectivity index (χ1) is 10.1. The molecule has 0 radical (unpaired) electrons. The van der Waals surface area contributed by atoms with Crippen LogP contribution in [0.4, 0.5) is 0 Å². The second-order valence-electron chi connectivity index (χ2n) is 5.97. The lowest BCUT2D eigenvalue weighted by atomic mass is 10.1. The van der Waals surface area contributed by atoms with Gasteiger partial charge in [0, 0.05) is 12.5 Å². The number of benzene rings is 1. The molecular formula is C16H22N4O. The minimum Gasteiger partial charge on any atom is -0.488 e. The molecule has 1 atom stereocenters. The van der Waals surface area contributed by atoms with Crippen molar-refractivity contribution in [3.8, 4) is 5.75 Å². The van der Waals surface area contributed by atoms with Gasteiger partial charge in [-0.05, 0) is 18.6 Å². The molecule has 1 aromatic heterocycles. The minimum absolute atomic E-state index is 0.148. The molecule has 0 spiro atoms. The Labute approximate surface area is 125 Å². The highest BCUT2D eigenvalue weighted by Gasteiger charge is 2.23. The van der Waals surface area contributed by atoms with E-state index in [1.807, 2.05) is 4.68 Å². The van der Waals surface area contributed by atoms with E-state index in [0.717, 1.165) is 24.5 Å². The number of hydrogen-bond donors (Lipinski definition) is 1. The van der Waals surface area contributed by atoms with Gasteiger partial charge in [-0.15, -0.1) is 0 Å².